The van der Waals surface area contributed by atoms with Crippen molar-refractivity contribution in [1.29, 1.82) is 0 Å². The molecular weight excluding hydrogens is 278 g/mol. The van der Waals surface area contributed by atoms with Crippen LogP contribution in [0.2, 0.25) is 0 Å². The lowest BCUT2D eigenvalue weighted by atomic mass is 10.1. The number of methoxy groups -OCH3 is 2. The fourth-order valence-corrected chi connectivity index (χ4v) is 2.67. The normalized spacial score (nSPS) is 9.90. The second kappa shape index (κ2) is 6.21. The summed E-state index contributed by atoms with van der Waals surface area (Å²) in [6, 6.07) is 11.3. The molecule has 20 heavy (non-hydrogen) atoms. The minimum atomic E-state index is -0.628. The third-order valence-corrected chi connectivity index (χ3v) is 3.70. The van der Waals surface area contributed by atoms with Crippen LogP contribution >= 0.6 is 11.3 Å². The highest BCUT2D eigenvalue weighted by molar-refractivity contribution is 7.20. The van der Waals surface area contributed by atoms with Crippen LogP contribution in [0.1, 0.15) is 10.4 Å². The molecule has 0 aliphatic heterocycles. The van der Waals surface area contributed by atoms with E-state index in [2.05, 4.69) is 10.1 Å². The van der Waals surface area contributed by atoms with Crippen molar-refractivity contribution < 1.29 is 19.1 Å². The van der Waals surface area contributed by atoms with Crippen LogP contribution < -0.4 is 5.32 Å². The average Bonchev–Trinajstić information content (AvgIpc) is 2.91. The Morgan fingerprint density at radius 1 is 1.10 bits per heavy atom. The maximum absolute atomic E-state index is 11.7. The van der Waals surface area contributed by atoms with Crippen molar-refractivity contribution in [3.8, 4) is 10.4 Å². The van der Waals surface area contributed by atoms with Crippen LogP contribution in [0.25, 0.3) is 10.4 Å². The number of thiophene rings is 1. The van der Waals surface area contributed by atoms with Gasteiger partial charge in [-0.1, -0.05) is 30.3 Å². The molecule has 1 heterocycles. The van der Waals surface area contributed by atoms with E-state index in [1.165, 1.54) is 25.6 Å². The number of hydrogen-bond donors (Lipinski definition) is 1. The molecule has 0 radical (unpaired) electrons. The molecule has 1 aromatic carbocycles. The first-order chi connectivity index (χ1) is 9.65. The van der Waals surface area contributed by atoms with E-state index in [9.17, 15) is 9.59 Å². The molecule has 2 aromatic rings. The van der Waals surface area contributed by atoms with Crippen molar-refractivity contribution >= 4 is 28.4 Å². The second-order valence-electron chi connectivity index (χ2n) is 3.83. The maximum atomic E-state index is 11.7. The highest BCUT2D eigenvalue weighted by atomic mass is 32.1. The lowest BCUT2D eigenvalue weighted by Gasteiger charge is -2.02. The fourth-order valence-electron chi connectivity index (χ4n) is 1.63. The summed E-state index contributed by atoms with van der Waals surface area (Å²) < 4.78 is 9.26. The summed E-state index contributed by atoms with van der Waals surface area (Å²) in [5.74, 6) is -0.505. The SMILES string of the molecule is COC(=O)Nc1sc(-c2ccccc2)cc1C(=O)OC. The quantitative estimate of drug-likeness (QED) is 0.880. The van der Waals surface area contributed by atoms with Crippen LogP contribution in [-0.4, -0.2) is 26.3 Å². The smallest absolute Gasteiger partial charge is 0.411 e. The maximum Gasteiger partial charge on any atom is 0.411 e. The average molecular weight is 291 g/mol. The third kappa shape index (κ3) is 2.97. The second-order valence-corrected chi connectivity index (χ2v) is 4.88. The van der Waals surface area contributed by atoms with Gasteiger partial charge in [0.2, 0.25) is 0 Å². The van der Waals surface area contributed by atoms with Gasteiger partial charge in [-0.15, -0.1) is 11.3 Å². The third-order valence-electron chi connectivity index (χ3n) is 2.60. The Morgan fingerprint density at radius 2 is 1.80 bits per heavy atom. The molecule has 0 saturated heterocycles. The summed E-state index contributed by atoms with van der Waals surface area (Å²) in [4.78, 5) is 23.9. The molecule has 0 fully saturated rings. The van der Waals surface area contributed by atoms with Crippen molar-refractivity contribution in [2.24, 2.45) is 0 Å². The van der Waals surface area contributed by atoms with Gasteiger partial charge in [-0.2, -0.15) is 0 Å². The number of ether oxygens (including phenoxy) is 2. The summed E-state index contributed by atoms with van der Waals surface area (Å²) in [7, 11) is 2.56. The van der Waals surface area contributed by atoms with Gasteiger partial charge < -0.3 is 9.47 Å². The zero-order chi connectivity index (χ0) is 14.5. The molecule has 0 spiro atoms. The van der Waals surface area contributed by atoms with Crippen LogP contribution in [0.3, 0.4) is 0 Å². The number of amides is 1. The Morgan fingerprint density at radius 3 is 2.40 bits per heavy atom. The van der Waals surface area contributed by atoms with Gasteiger partial charge in [0.15, 0.2) is 0 Å². The zero-order valence-corrected chi connectivity index (χ0v) is 11.8. The molecule has 0 bridgehead atoms. The van der Waals surface area contributed by atoms with Crippen LogP contribution in [0, 0.1) is 0 Å². The molecule has 1 amide bonds. The first-order valence-electron chi connectivity index (χ1n) is 5.78. The van der Waals surface area contributed by atoms with E-state index in [0.29, 0.717) is 10.6 Å². The van der Waals surface area contributed by atoms with Crippen molar-refractivity contribution in [2.45, 2.75) is 0 Å². The number of anilines is 1. The van der Waals surface area contributed by atoms with E-state index in [1.807, 2.05) is 30.3 Å². The van der Waals surface area contributed by atoms with E-state index in [-0.39, 0.29) is 0 Å². The summed E-state index contributed by atoms with van der Waals surface area (Å²) in [6.45, 7) is 0. The van der Waals surface area contributed by atoms with E-state index in [4.69, 9.17) is 4.74 Å². The van der Waals surface area contributed by atoms with Gasteiger partial charge in [-0.3, -0.25) is 5.32 Å². The minimum Gasteiger partial charge on any atom is -0.465 e. The number of nitrogens with one attached hydrogen (secondary N) is 1. The molecule has 104 valence electrons. The monoisotopic (exact) mass is 291 g/mol. The summed E-state index contributed by atoms with van der Waals surface area (Å²) in [6.07, 6.45) is -0.628. The number of rotatable bonds is 3. The van der Waals surface area contributed by atoms with Crippen LogP contribution in [0.15, 0.2) is 36.4 Å². The van der Waals surface area contributed by atoms with Gasteiger partial charge in [0, 0.05) is 4.88 Å². The van der Waals surface area contributed by atoms with Gasteiger partial charge >= 0.3 is 12.1 Å². The van der Waals surface area contributed by atoms with Gasteiger partial charge in [-0.05, 0) is 11.6 Å². The summed E-state index contributed by atoms with van der Waals surface area (Å²) in [5, 5.41) is 2.93. The van der Waals surface area contributed by atoms with Crippen LogP contribution in [0.4, 0.5) is 9.80 Å². The van der Waals surface area contributed by atoms with Gasteiger partial charge in [0.05, 0.1) is 19.8 Å². The molecule has 0 saturated carbocycles. The highest BCUT2D eigenvalue weighted by Gasteiger charge is 2.19. The van der Waals surface area contributed by atoms with Crippen LogP contribution in [0.5, 0.6) is 0 Å². The molecule has 0 atom stereocenters. The number of benzene rings is 1. The number of esters is 1. The largest absolute Gasteiger partial charge is 0.465 e. The Hall–Kier alpha value is -2.34. The van der Waals surface area contributed by atoms with E-state index < -0.39 is 12.1 Å². The predicted molar refractivity (Wildman–Crippen MR) is 77.1 cm³/mol. The van der Waals surface area contributed by atoms with Gasteiger partial charge in [0.1, 0.15) is 5.00 Å². The van der Waals surface area contributed by atoms with Gasteiger partial charge in [0.25, 0.3) is 0 Å². The topological polar surface area (TPSA) is 64.6 Å². The predicted octanol–water partition coefficient (Wildman–Crippen LogP) is 3.38. The molecule has 1 aromatic heterocycles. The molecule has 2 rings (SSSR count). The standard InChI is InChI=1S/C14H13NO4S/c1-18-13(16)10-8-11(9-6-4-3-5-7-9)20-12(10)15-14(17)19-2/h3-8H,1-2H3,(H,15,17). The number of hydrogen-bond acceptors (Lipinski definition) is 5. The zero-order valence-electron chi connectivity index (χ0n) is 11.0. The first-order valence-corrected chi connectivity index (χ1v) is 6.60. The van der Waals surface area contributed by atoms with E-state index >= 15 is 0 Å². The van der Waals surface area contributed by atoms with E-state index in [1.54, 1.807) is 6.07 Å². The van der Waals surface area contributed by atoms with Gasteiger partial charge in [-0.25, -0.2) is 9.59 Å². The van der Waals surface area contributed by atoms with Crippen molar-refractivity contribution in [1.82, 2.24) is 0 Å². The Labute approximate surface area is 120 Å². The number of carbonyl (C=O) groups is 2. The van der Waals surface area contributed by atoms with Crippen molar-refractivity contribution in [3.05, 3.63) is 42.0 Å². The highest BCUT2D eigenvalue weighted by Crippen LogP contribution is 2.35. The first kappa shape index (κ1) is 14.1. The molecule has 1 N–H and O–H groups in total. The summed E-state index contributed by atoms with van der Waals surface area (Å²) in [5.41, 5.74) is 1.27. The van der Waals surface area contributed by atoms with Crippen molar-refractivity contribution in [3.63, 3.8) is 0 Å². The van der Waals surface area contributed by atoms with Crippen molar-refractivity contribution in [2.75, 3.05) is 19.5 Å². The molecule has 0 aliphatic carbocycles. The molecule has 6 heteroatoms. The molecule has 5 nitrogen and oxygen atoms in total. The van der Waals surface area contributed by atoms with Crippen LogP contribution in [-0.2, 0) is 9.47 Å². The van der Waals surface area contributed by atoms with E-state index in [0.717, 1.165) is 10.4 Å². The number of carbonyl (C=O) groups excluding carboxylic acids is 2. The Bertz CT molecular complexity index is 621. The summed E-state index contributed by atoms with van der Waals surface area (Å²) >= 11 is 1.29. The Kier molecular flexibility index (Phi) is 4.37. The molecular formula is C14H13NO4S. The minimum absolute atomic E-state index is 0.307. The molecule has 0 aliphatic rings. The fraction of sp³-hybridized carbons (Fsp3) is 0.143. The molecule has 0 unspecified atom stereocenters. The lowest BCUT2D eigenvalue weighted by molar-refractivity contribution is 0.0602. The Balaban J connectivity index is 2.41. The lowest BCUT2D eigenvalue weighted by Crippen LogP contribution is -2.12.